The smallest absolute Gasteiger partial charge is 0.340 e. The first-order chi connectivity index (χ1) is 18.1. The summed E-state index contributed by atoms with van der Waals surface area (Å²) in [6.07, 6.45) is -2.49. The van der Waals surface area contributed by atoms with E-state index in [1.54, 1.807) is 16.8 Å². The van der Waals surface area contributed by atoms with Gasteiger partial charge in [0.25, 0.3) is 0 Å². The van der Waals surface area contributed by atoms with Crippen LogP contribution in [0.4, 0.5) is 24.7 Å². The molecule has 4 aromatic rings. The largest absolute Gasteiger partial charge is 0.416 e. The Balaban J connectivity index is 1.61. The number of aryl methyl sites for hydroxylation is 3. The van der Waals surface area contributed by atoms with E-state index in [0.29, 0.717) is 17.2 Å². The number of anilines is 2. The summed E-state index contributed by atoms with van der Waals surface area (Å²) in [5.74, 6) is 0.794. The van der Waals surface area contributed by atoms with Gasteiger partial charge in [0.15, 0.2) is 11.6 Å². The Hall–Kier alpha value is -4.09. The zero-order valence-electron chi connectivity index (χ0n) is 21.1. The monoisotopic (exact) mass is 524 g/mol. The molecule has 0 radical (unpaired) electrons. The zero-order chi connectivity index (χ0) is 27.4. The van der Waals surface area contributed by atoms with Crippen LogP contribution in [0.15, 0.2) is 54.9 Å². The van der Waals surface area contributed by atoms with E-state index in [4.69, 9.17) is 5.21 Å². The van der Waals surface area contributed by atoms with Gasteiger partial charge in [-0.15, -0.1) is 0 Å². The summed E-state index contributed by atoms with van der Waals surface area (Å²) in [6, 6.07) is 12.2. The Morgan fingerprint density at radius 2 is 1.82 bits per heavy atom. The number of benzene rings is 2. The van der Waals surface area contributed by atoms with Crippen LogP contribution in [0.25, 0.3) is 5.82 Å². The SMILES string of the molecule is CCc1cc(-n2nc(C)cc2Nc2cc(CC(=O)c3cc(CNO)cc(C(F)(F)F)c3)ccc2C)ncn1. The normalized spacial score (nSPS) is 11.6. The van der Waals surface area contributed by atoms with Crippen molar-refractivity contribution in [2.45, 2.75) is 46.3 Å². The predicted molar refractivity (Wildman–Crippen MR) is 136 cm³/mol. The molecule has 0 unspecified atom stereocenters. The molecule has 0 amide bonds. The molecule has 2 aromatic heterocycles. The molecule has 8 nitrogen and oxygen atoms in total. The molecule has 198 valence electrons. The van der Waals surface area contributed by atoms with Gasteiger partial charge >= 0.3 is 6.18 Å². The number of alkyl halides is 3. The van der Waals surface area contributed by atoms with Crippen molar-refractivity contribution in [3.63, 3.8) is 0 Å². The number of carbonyl (C=O) groups excluding carboxylic acids is 1. The summed E-state index contributed by atoms with van der Waals surface area (Å²) >= 11 is 0. The summed E-state index contributed by atoms with van der Waals surface area (Å²) in [4.78, 5) is 21.6. The van der Waals surface area contributed by atoms with Crippen LogP contribution in [-0.2, 0) is 25.6 Å². The predicted octanol–water partition coefficient (Wildman–Crippen LogP) is 5.51. The van der Waals surface area contributed by atoms with Gasteiger partial charge in [0, 0.05) is 42.0 Å². The van der Waals surface area contributed by atoms with E-state index in [1.807, 2.05) is 44.5 Å². The molecule has 0 bridgehead atoms. The zero-order valence-corrected chi connectivity index (χ0v) is 21.1. The maximum absolute atomic E-state index is 13.4. The highest BCUT2D eigenvalue weighted by Gasteiger charge is 2.31. The fourth-order valence-electron chi connectivity index (χ4n) is 4.01. The summed E-state index contributed by atoms with van der Waals surface area (Å²) in [6.45, 7) is 5.55. The number of halogens is 3. The molecule has 0 aliphatic rings. The molecule has 3 N–H and O–H groups in total. The van der Waals surface area contributed by atoms with Crippen molar-refractivity contribution < 1.29 is 23.2 Å². The molecular formula is C27H27F3N6O2. The van der Waals surface area contributed by atoms with Crippen LogP contribution in [0.1, 0.15) is 50.9 Å². The maximum Gasteiger partial charge on any atom is 0.416 e. The lowest BCUT2D eigenvalue weighted by Gasteiger charge is -2.14. The van der Waals surface area contributed by atoms with Crippen LogP contribution < -0.4 is 10.8 Å². The first-order valence-electron chi connectivity index (χ1n) is 11.9. The third kappa shape index (κ3) is 6.24. The molecular weight excluding hydrogens is 497 g/mol. The molecule has 38 heavy (non-hydrogen) atoms. The molecule has 4 rings (SSSR count). The average Bonchev–Trinajstić information content (AvgIpc) is 3.25. The van der Waals surface area contributed by atoms with Crippen LogP contribution in [0.3, 0.4) is 0 Å². The quantitative estimate of drug-likeness (QED) is 0.196. The molecule has 2 heterocycles. The summed E-state index contributed by atoms with van der Waals surface area (Å²) in [5, 5.41) is 16.8. The Morgan fingerprint density at radius 1 is 1.03 bits per heavy atom. The van der Waals surface area contributed by atoms with Crippen molar-refractivity contribution in [2.24, 2.45) is 0 Å². The minimum Gasteiger partial charge on any atom is -0.340 e. The number of hydroxylamine groups is 1. The Bertz CT molecular complexity index is 1470. The second-order valence-electron chi connectivity index (χ2n) is 8.93. The van der Waals surface area contributed by atoms with Crippen LogP contribution in [-0.4, -0.2) is 30.7 Å². The Kier molecular flexibility index (Phi) is 7.88. The first-order valence-corrected chi connectivity index (χ1v) is 11.9. The van der Waals surface area contributed by atoms with Gasteiger partial charge in [0.1, 0.15) is 12.1 Å². The van der Waals surface area contributed by atoms with E-state index in [1.165, 1.54) is 12.4 Å². The van der Waals surface area contributed by atoms with Crippen molar-refractivity contribution in [3.8, 4) is 5.82 Å². The molecule has 2 aromatic carbocycles. The molecule has 0 fully saturated rings. The van der Waals surface area contributed by atoms with Crippen LogP contribution >= 0.6 is 0 Å². The minimum atomic E-state index is -4.62. The third-order valence-electron chi connectivity index (χ3n) is 5.97. The summed E-state index contributed by atoms with van der Waals surface area (Å²) in [5.41, 5.74) is 4.85. The number of Topliss-reactive ketones (excluding diaryl/α,β-unsaturated/α-hetero) is 1. The van der Waals surface area contributed by atoms with E-state index >= 15 is 0 Å². The second-order valence-corrected chi connectivity index (χ2v) is 8.93. The molecule has 0 aliphatic heterocycles. The van der Waals surface area contributed by atoms with E-state index < -0.39 is 17.5 Å². The lowest BCUT2D eigenvalue weighted by Crippen LogP contribution is -2.13. The number of carbonyl (C=O) groups is 1. The summed E-state index contributed by atoms with van der Waals surface area (Å²) < 4.78 is 41.8. The van der Waals surface area contributed by atoms with Crippen LogP contribution in [0.5, 0.6) is 0 Å². The van der Waals surface area contributed by atoms with Crippen molar-refractivity contribution in [3.05, 3.63) is 94.1 Å². The minimum absolute atomic E-state index is 0.0793. The lowest BCUT2D eigenvalue weighted by atomic mass is 9.97. The topological polar surface area (TPSA) is 105 Å². The number of nitrogens with zero attached hydrogens (tertiary/aromatic N) is 4. The average molecular weight is 525 g/mol. The molecule has 0 saturated heterocycles. The van der Waals surface area contributed by atoms with Gasteiger partial charge in [-0.3, -0.25) is 4.79 Å². The van der Waals surface area contributed by atoms with E-state index in [9.17, 15) is 18.0 Å². The number of ketones is 1. The van der Waals surface area contributed by atoms with E-state index in [-0.39, 0.29) is 24.1 Å². The maximum atomic E-state index is 13.4. The second kappa shape index (κ2) is 11.1. The van der Waals surface area contributed by atoms with Gasteiger partial charge in [-0.1, -0.05) is 19.1 Å². The highest BCUT2D eigenvalue weighted by atomic mass is 19.4. The first kappa shape index (κ1) is 27.0. The van der Waals surface area contributed by atoms with Gasteiger partial charge in [-0.25, -0.2) is 15.4 Å². The number of hydrogen-bond donors (Lipinski definition) is 3. The fourth-order valence-corrected chi connectivity index (χ4v) is 4.01. The van der Waals surface area contributed by atoms with E-state index in [2.05, 4.69) is 20.4 Å². The van der Waals surface area contributed by atoms with Gasteiger partial charge in [-0.05, 0) is 61.2 Å². The number of nitrogens with one attached hydrogen (secondary N) is 2. The summed E-state index contributed by atoms with van der Waals surface area (Å²) in [7, 11) is 0. The molecule has 0 aliphatic carbocycles. The Labute approximate surface area is 217 Å². The van der Waals surface area contributed by atoms with Gasteiger partial charge in [0.05, 0.1) is 11.3 Å². The third-order valence-corrected chi connectivity index (χ3v) is 5.97. The van der Waals surface area contributed by atoms with Gasteiger partial charge in [-0.2, -0.15) is 23.0 Å². The van der Waals surface area contributed by atoms with Gasteiger partial charge in [0.2, 0.25) is 0 Å². The number of hydrogen-bond acceptors (Lipinski definition) is 7. The lowest BCUT2D eigenvalue weighted by molar-refractivity contribution is -0.137. The fraction of sp³-hybridized carbons (Fsp3) is 0.259. The van der Waals surface area contributed by atoms with Gasteiger partial charge < -0.3 is 10.5 Å². The molecule has 0 atom stereocenters. The van der Waals surface area contributed by atoms with Crippen LogP contribution in [0.2, 0.25) is 0 Å². The van der Waals surface area contributed by atoms with E-state index in [0.717, 1.165) is 41.2 Å². The Morgan fingerprint density at radius 3 is 2.53 bits per heavy atom. The molecule has 0 saturated carbocycles. The van der Waals surface area contributed by atoms with Crippen molar-refractivity contribution in [1.82, 2.24) is 25.2 Å². The highest BCUT2D eigenvalue weighted by Crippen LogP contribution is 2.31. The van der Waals surface area contributed by atoms with Crippen molar-refractivity contribution in [1.29, 1.82) is 0 Å². The number of rotatable bonds is 9. The highest BCUT2D eigenvalue weighted by molar-refractivity contribution is 5.98. The standard InChI is InChI=1S/C27H27F3N6O2/c1-4-22-13-25(32-15-31-22)36-26(7-17(3)35-36)34-23-10-18(6-5-16(23)2)11-24(37)20-8-19(14-33-38)9-21(12-20)27(28,29)30/h5-10,12-13,15,33-34,38H,4,11,14H2,1-3H3. The van der Waals surface area contributed by atoms with Crippen molar-refractivity contribution in [2.75, 3.05) is 5.32 Å². The van der Waals surface area contributed by atoms with Crippen LogP contribution in [0, 0.1) is 13.8 Å². The number of aromatic nitrogens is 4. The molecule has 0 spiro atoms. The molecule has 11 heteroatoms. The van der Waals surface area contributed by atoms with Crippen molar-refractivity contribution >= 4 is 17.3 Å².